The molecule has 0 atom stereocenters. The van der Waals surface area contributed by atoms with Gasteiger partial charge in [0.1, 0.15) is 5.82 Å². The fraction of sp³-hybridized carbons (Fsp3) is 0.0714. The van der Waals surface area contributed by atoms with Crippen LogP contribution < -0.4 is 11.5 Å². The maximum Gasteiger partial charge on any atom is 0.248 e. The number of hydrogen-bond acceptors (Lipinski definition) is 3. The first kappa shape index (κ1) is 14.7. The van der Waals surface area contributed by atoms with Crippen molar-refractivity contribution in [3.05, 3.63) is 58.4 Å². The first-order valence-electron chi connectivity index (χ1n) is 5.73. The summed E-state index contributed by atoms with van der Waals surface area (Å²) in [7, 11) is 0. The number of rotatable bonds is 4. The third kappa shape index (κ3) is 3.43. The average Bonchev–Trinajstić information content (AvgIpc) is 2.41. The van der Waals surface area contributed by atoms with E-state index in [1.165, 1.54) is 30.0 Å². The number of hydrogen-bond donors (Lipinski definition) is 2. The Labute approximate surface area is 125 Å². The van der Waals surface area contributed by atoms with E-state index in [0.717, 1.165) is 4.90 Å². The Kier molecular flexibility index (Phi) is 4.52. The standard InChI is InChI=1S/C14H12ClFN2OS/c15-11-3-2-10(17)6-13(11)20-7-9-5-8(14(18)19)1-4-12(9)16/h1-6H,7,17H2,(H2,18,19). The Morgan fingerprint density at radius 1 is 1.25 bits per heavy atom. The van der Waals surface area contributed by atoms with Gasteiger partial charge in [0.15, 0.2) is 0 Å². The number of nitrogens with two attached hydrogens (primary N) is 2. The molecule has 0 fully saturated rings. The minimum atomic E-state index is -0.585. The lowest BCUT2D eigenvalue weighted by molar-refractivity contribution is 0.1000. The topological polar surface area (TPSA) is 69.1 Å². The van der Waals surface area contributed by atoms with Crippen molar-refractivity contribution in [3.63, 3.8) is 0 Å². The molecule has 2 aromatic carbocycles. The van der Waals surface area contributed by atoms with Crippen LogP contribution in [0.4, 0.5) is 10.1 Å². The van der Waals surface area contributed by atoms with Crippen LogP contribution in [0.25, 0.3) is 0 Å². The summed E-state index contributed by atoms with van der Waals surface area (Å²) in [6.07, 6.45) is 0. The molecule has 0 saturated carbocycles. The molecule has 0 saturated heterocycles. The van der Waals surface area contributed by atoms with Crippen molar-refractivity contribution in [1.82, 2.24) is 0 Å². The maximum absolute atomic E-state index is 13.7. The van der Waals surface area contributed by atoms with Gasteiger partial charge in [0.05, 0.1) is 5.02 Å². The highest BCUT2D eigenvalue weighted by Crippen LogP contribution is 2.32. The molecule has 104 valence electrons. The van der Waals surface area contributed by atoms with Crippen molar-refractivity contribution in [2.75, 3.05) is 5.73 Å². The molecule has 0 heterocycles. The monoisotopic (exact) mass is 310 g/mol. The van der Waals surface area contributed by atoms with Crippen LogP contribution >= 0.6 is 23.4 Å². The number of carbonyl (C=O) groups is 1. The number of benzene rings is 2. The summed E-state index contributed by atoms with van der Waals surface area (Å²) >= 11 is 7.38. The first-order chi connectivity index (χ1) is 9.47. The van der Waals surface area contributed by atoms with Crippen molar-refractivity contribution < 1.29 is 9.18 Å². The molecule has 0 aliphatic heterocycles. The minimum Gasteiger partial charge on any atom is -0.399 e. The fourth-order valence-electron chi connectivity index (χ4n) is 1.62. The van der Waals surface area contributed by atoms with Crippen molar-refractivity contribution in [3.8, 4) is 0 Å². The Balaban J connectivity index is 2.20. The van der Waals surface area contributed by atoms with E-state index in [4.69, 9.17) is 23.1 Å². The number of thioether (sulfide) groups is 1. The molecule has 3 nitrogen and oxygen atoms in total. The van der Waals surface area contributed by atoms with E-state index in [0.29, 0.717) is 22.0 Å². The summed E-state index contributed by atoms with van der Waals surface area (Å²) in [4.78, 5) is 11.9. The second-order valence-corrected chi connectivity index (χ2v) is 5.57. The molecule has 0 spiro atoms. The van der Waals surface area contributed by atoms with E-state index in [1.54, 1.807) is 18.2 Å². The highest BCUT2D eigenvalue weighted by atomic mass is 35.5. The largest absolute Gasteiger partial charge is 0.399 e. The molecule has 0 radical (unpaired) electrons. The Morgan fingerprint density at radius 2 is 2.00 bits per heavy atom. The van der Waals surface area contributed by atoms with E-state index < -0.39 is 5.91 Å². The SMILES string of the molecule is NC(=O)c1ccc(F)c(CSc2cc(N)ccc2Cl)c1. The summed E-state index contributed by atoms with van der Waals surface area (Å²) in [6.45, 7) is 0. The lowest BCUT2D eigenvalue weighted by atomic mass is 10.1. The van der Waals surface area contributed by atoms with E-state index in [1.807, 2.05) is 0 Å². The molecule has 20 heavy (non-hydrogen) atoms. The predicted octanol–water partition coefficient (Wildman–Crippen LogP) is 3.45. The van der Waals surface area contributed by atoms with Gasteiger partial charge in [-0.05, 0) is 42.0 Å². The van der Waals surface area contributed by atoms with Crippen LogP contribution in [0.1, 0.15) is 15.9 Å². The molecule has 2 aromatic rings. The molecule has 0 aliphatic carbocycles. The van der Waals surface area contributed by atoms with Crippen molar-refractivity contribution in [1.29, 1.82) is 0 Å². The molecule has 0 aromatic heterocycles. The third-order valence-electron chi connectivity index (χ3n) is 2.67. The number of halogens is 2. The van der Waals surface area contributed by atoms with Gasteiger partial charge in [-0.2, -0.15) is 0 Å². The van der Waals surface area contributed by atoms with Gasteiger partial charge in [0.2, 0.25) is 5.91 Å². The number of anilines is 1. The second kappa shape index (κ2) is 6.15. The summed E-state index contributed by atoms with van der Waals surface area (Å²) in [5, 5.41) is 0.552. The third-order valence-corrected chi connectivity index (χ3v) is 4.21. The van der Waals surface area contributed by atoms with Gasteiger partial charge in [0, 0.05) is 21.9 Å². The normalized spacial score (nSPS) is 10.5. The smallest absolute Gasteiger partial charge is 0.248 e. The fourth-order valence-corrected chi connectivity index (χ4v) is 2.86. The molecular formula is C14H12ClFN2OS. The van der Waals surface area contributed by atoms with Crippen molar-refractivity contribution in [2.24, 2.45) is 5.73 Å². The van der Waals surface area contributed by atoms with Crippen LogP contribution in [-0.4, -0.2) is 5.91 Å². The number of nitrogen functional groups attached to an aromatic ring is 1. The van der Waals surface area contributed by atoms with E-state index >= 15 is 0 Å². The quantitative estimate of drug-likeness (QED) is 0.671. The van der Waals surface area contributed by atoms with Crippen molar-refractivity contribution in [2.45, 2.75) is 10.6 Å². The number of amides is 1. The van der Waals surface area contributed by atoms with Gasteiger partial charge in [-0.15, -0.1) is 11.8 Å². The van der Waals surface area contributed by atoms with Gasteiger partial charge in [0.25, 0.3) is 0 Å². The van der Waals surface area contributed by atoms with E-state index in [-0.39, 0.29) is 11.4 Å². The lowest BCUT2D eigenvalue weighted by Crippen LogP contribution is -2.11. The molecule has 4 N–H and O–H groups in total. The Hall–Kier alpha value is -1.72. The zero-order chi connectivity index (χ0) is 14.7. The van der Waals surface area contributed by atoms with Gasteiger partial charge in [-0.25, -0.2) is 4.39 Å². The van der Waals surface area contributed by atoms with Crippen LogP contribution in [-0.2, 0) is 5.75 Å². The first-order valence-corrected chi connectivity index (χ1v) is 7.10. The zero-order valence-corrected chi connectivity index (χ0v) is 12.0. The van der Waals surface area contributed by atoms with E-state index in [2.05, 4.69) is 0 Å². The van der Waals surface area contributed by atoms with Gasteiger partial charge in [-0.3, -0.25) is 4.79 Å². The van der Waals surface area contributed by atoms with Crippen LogP contribution in [0.15, 0.2) is 41.3 Å². The molecule has 0 unspecified atom stereocenters. The number of primary amides is 1. The van der Waals surface area contributed by atoms with E-state index in [9.17, 15) is 9.18 Å². The lowest BCUT2D eigenvalue weighted by Gasteiger charge is -2.07. The van der Waals surface area contributed by atoms with Crippen LogP contribution in [0, 0.1) is 5.82 Å². The summed E-state index contributed by atoms with van der Waals surface area (Å²) in [5.41, 5.74) is 12.1. The summed E-state index contributed by atoms with van der Waals surface area (Å²) < 4.78 is 13.7. The molecule has 0 aliphatic rings. The summed E-state index contributed by atoms with van der Waals surface area (Å²) in [6, 6.07) is 9.15. The molecule has 1 amide bonds. The van der Waals surface area contributed by atoms with Crippen LogP contribution in [0.2, 0.25) is 5.02 Å². The molecule has 2 rings (SSSR count). The highest BCUT2D eigenvalue weighted by Gasteiger charge is 2.09. The number of carbonyl (C=O) groups excluding carboxylic acids is 1. The molecule has 0 bridgehead atoms. The molecule has 6 heteroatoms. The van der Waals surface area contributed by atoms with Crippen molar-refractivity contribution >= 4 is 35.0 Å². The molecular weight excluding hydrogens is 299 g/mol. The maximum atomic E-state index is 13.7. The minimum absolute atomic E-state index is 0.278. The van der Waals surface area contributed by atoms with Gasteiger partial charge >= 0.3 is 0 Å². The van der Waals surface area contributed by atoms with Crippen LogP contribution in [0.5, 0.6) is 0 Å². The van der Waals surface area contributed by atoms with Gasteiger partial charge < -0.3 is 11.5 Å². The predicted molar refractivity (Wildman–Crippen MR) is 80.3 cm³/mol. The Bertz CT molecular complexity index is 664. The Morgan fingerprint density at radius 3 is 2.70 bits per heavy atom. The zero-order valence-electron chi connectivity index (χ0n) is 10.4. The van der Waals surface area contributed by atoms with Crippen LogP contribution in [0.3, 0.4) is 0 Å². The second-order valence-electron chi connectivity index (χ2n) is 4.15. The van der Waals surface area contributed by atoms with Gasteiger partial charge in [-0.1, -0.05) is 11.6 Å². The average molecular weight is 311 g/mol. The summed E-state index contributed by atoms with van der Waals surface area (Å²) in [5.74, 6) is -0.642. The highest BCUT2D eigenvalue weighted by molar-refractivity contribution is 7.98.